The van der Waals surface area contributed by atoms with Crippen LogP contribution in [0.2, 0.25) is 0 Å². The molecule has 10 nitrogen and oxygen atoms in total. The molecule has 1 heterocycles. The van der Waals surface area contributed by atoms with Crippen LogP contribution >= 0.6 is 0 Å². The van der Waals surface area contributed by atoms with Crippen LogP contribution in [0.5, 0.6) is 5.75 Å². The molecule has 0 atom stereocenters. The molecule has 5 rings (SSSR count). The van der Waals surface area contributed by atoms with Gasteiger partial charge >= 0.3 is 0 Å². The molecule has 0 bridgehead atoms. The van der Waals surface area contributed by atoms with Gasteiger partial charge in [-0.1, -0.05) is 12.1 Å². The third kappa shape index (κ3) is 7.62. The molecule has 0 radical (unpaired) electrons. The van der Waals surface area contributed by atoms with E-state index in [1.165, 1.54) is 0 Å². The molecule has 1 aliphatic heterocycles. The molecular weight excluding hydrogens is 522 g/mol. The van der Waals surface area contributed by atoms with Crippen molar-refractivity contribution in [3.63, 3.8) is 0 Å². The molecule has 41 heavy (non-hydrogen) atoms. The molecule has 1 aliphatic carbocycles. The smallest absolute Gasteiger partial charge is 0.262 e. The van der Waals surface area contributed by atoms with Gasteiger partial charge in [-0.2, -0.15) is 0 Å². The Morgan fingerprint density at radius 2 is 1.68 bits per heavy atom. The van der Waals surface area contributed by atoms with Gasteiger partial charge in [0, 0.05) is 29.4 Å². The van der Waals surface area contributed by atoms with E-state index in [1.54, 1.807) is 30.3 Å². The highest BCUT2D eigenvalue weighted by atomic mass is 16.6. The van der Waals surface area contributed by atoms with Gasteiger partial charge < -0.3 is 26.0 Å². The van der Waals surface area contributed by atoms with Crippen molar-refractivity contribution in [2.75, 3.05) is 35.9 Å². The van der Waals surface area contributed by atoms with Crippen molar-refractivity contribution >= 4 is 34.8 Å². The lowest BCUT2D eigenvalue weighted by Gasteiger charge is -2.24. The fourth-order valence-electron chi connectivity index (χ4n) is 4.54. The van der Waals surface area contributed by atoms with Crippen LogP contribution in [-0.2, 0) is 16.2 Å². The first kappa shape index (κ1) is 28.1. The van der Waals surface area contributed by atoms with E-state index < -0.39 is 0 Å². The first-order valence-electron chi connectivity index (χ1n) is 14.0. The number of hydrogen-bond donors (Lipinski definition) is 4. The number of carbonyl (C=O) groups excluding carboxylic acids is 3. The van der Waals surface area contributed by atoms with Crippen molar-refractivity contribution in [2.24, 2.45) is 5.73 Å². The molecular formula is C31H35N5O5. The normalized spacial score (nSPS) is 13.9. The van der Waals surface area contributed by atoms with Gasteiger partial charge in [0.2, 0.25) is 0 Å². The largest absolute Gasteiger partial charge is 0.482 e. The van der Waals surface area contributed by atoms with Crippen LogP contribution in [-0.4, -0.2) is 48.4 Å². The second-order valence-electron chi connectivity index (χ2n) is 10.2. The molecule has 0 aromatic heterocycles. The Labute approximate surface area is 239 Å². The number of unbranched alkanes of at least 4 members (excludes halogenated alkanes) is 2. The van der Waals surface area contributed by atoms with E-state index in [2.05, 4.69) is 16.1 Å². The first-order valence-corrected chi connectivity index (χ1v) is 14.0. The summed E-state index contributed by atoms with van der Waals surface area (Å²) in [6, 6.07) is 19.9. The number of ether oxygens (including phenoxy) is 1. The molecule has 0 spiro atoms. The standard InChI is InChI=1S/C31H35N5O5/c32-16-2-1-3-17-41-35-25-11-9-24(10-12-25)33-30(38)22-6-4-21(5-7-22)19-36(26-13-14-26)31(39)23-8-15-27-28(18-23)40-20-29(37)34-27/h4-12,15,18,26,35H,1-3,13-14,16-17,19-20,32H2,(H,33,38)(H,34,37). The molecule has 2 aliphatic rings. The Morgan fingerprint density at radius 1 is 0.951 bits per heavy atom. The van der Waals surface area contributed by atoms with Crippen LogP contribution in [0, 0.1) is 0 Å². The van der Waals surface area contributed by atoms with Gasteiger partial charge in [0.15, 0.2) is 6.61 Å². The number of carbonyl (C=O) groups is 3. The average Bonchev–Trinajstić information content (AvgIpc) is 3.84. The van der Waals surface area contributed by atoms with E-state index >= 15 is 0 Å². The molecule has 1 saturated carbocycles. The van der Waals surface area contributed by atoms with Crippen LogP contribution in [0.4, 0.5) is 17.1 Å². The van der Waals surface area contributed by atoms with Gasteiger partial charge in [-0.15, -0.1) is 0 Å². The number of anilines is 3. The predicted octanol–water partition coefficient (Wildman–Crippen LogP) is 4.55. The summed E-state index contributed by atoms with van der Waals surface area (Å²) in [5.41, 5.74) is 12.4. The van der Waals surface area contributed by atoms with E-state index in [0.717, 1.165) is 43.4 Å². The summed E-state index contributed by atoms with van der Waals surface area (Å²) in [5, 5.41) is 5.65. The van der Waals surface area contributed by atoms with Gasteiger partial charge in [-0.25, -0.2) is 0 Å². The molecule has 10 heteroatoms. The van der Waals surface area contributed by atoms with Crippen molar-refractivity contribution < 1.29 is 24.0 Å². The average molecular weight is 558 g/mol. The number of fused-ring (bicyclic) bond motifs is 1. The molecule has 1 fully saturated rings. The van der Waals surface area contributed by atoms with Gasteiger partial charge in [-0.05, 0) is 98.8 Å². The Hall–Kier alpha value is -4.41. The molecule has 0 saturated heterocycles. The number of nitrogens with two attached hydrogens (primary N) is 1. The first-order chi connectivity index (χ1) is 20.0. The Kier molecular flexibility index (Phi) is 9.12. The van der Waals surface area contributed by atoms with Crippen LogP contribution in [0.25, 0.3) is 0 Å². The zero-order chi connectivity index (χ0) is 28.6. The highest BCUT2D eigenvalue weighted by Crippen LogP contribution is 2.33. The number of nitrogens with one attached hydrogen (secondary N) is 3. The highest BCUT2D eigenvalue weighted by Gasteiger charge is 2.33. The predicted molar refractivity (Wildman–Crippen MR) is 157 cm³/mol. The third-order valence-corrected chi connectivity index (χ3v) is 6.96. The lowest BCUT2D eigenvalue weighted by atomic mass is 10.1. The summed E-state index contributed by atoms with van der Waals surface area (Å²) in [7, 11) is 0. The molecule has 3 aromatic carbocycles. The molecule has 5 N–H and O–H groups in total. The number of nitrogens with zero attached hydrogens (tertiary/aromatic N) is 1. The lowest BCUT2D eigenvalue weighted by Crippen LogP contribution is -2.33. The minimum absolute atomic E-state index is 0.0648. The van der Waals surface area contributed by atoms with Crippen LogP contribution in [0.15, 0.2) is 66.7 Å². The van der Waals surface area contributed by atoms with Crippen molar-refractivity contribution in [1.82, 2.24) is 4.90 Å². The third-order valence-electron chi connectivity index (χ3n) is 6.96. The van der Waals surface area contributed by atoms with E-state index in [4.69, 9.17) is 15.3 Å². The van der Waals surface area contributed by atoms with E-state index in [0.29, 0.717) is 47.9 Å². The van der Waals surface area contributed by atoms with E-state index in [-0.39, 0.29) is 30.4 Å². The number of amides is 3. The summed E-state index contributed by atoms with van der Waals surface area (Å²) in [5.74, 6) is -0.0263. The Balaban J connectivity index is 1.14. The fourth-order valence-corrected chi connectivity index (χ4v) is 4.54. The maximum Gasteiger partial charge on any atom is 0.262 e. The molecule has 3 aromatic rings. The molecule has 3 amide bonds. The number of benzene rings is 3. The van der Waals surface area contributed by atoms with Gasteiger partial charge in [0.25, 0.3) is 17.7 Å². The minimum Gasteiger partial charge on any atom is -0.482 e. The molecule has 214 valence electrons. The number of rotatable bonds is 13. The summed E-state index contributed by atoms with van der Waals surface area (Å²) in [6.45, 7) is 1.67. The highest BCUT2D eigenvalue weighted by molar-refractivity contribution is 6.04. The summed E-state index contributed by atoms with van der Waals surface area (Å²) in [4.78, 5) is 45.1. The van der Waals surface area contributed by atoms with E-state index in [1.807, 2.05) is 41.3 Å². The molecule has 0 unspecified atom stereocenters. The zero-order valence-corrected chi connectivity index (χ0v) is 22.9. The maximum absolute atomic E-state index is 13.4. The minimum atomic E-state index is -0.218. The monoisotopic (exact) mass is 557 g/mol. The Bertz CT molecular complexity index is 1370. The van der Waals surface area contributed by atoms with Crippen LogP contribution in [0.3, 0.4) is 0 Å². The summed E-state index contributed by atoms with van der Waals surface area (Å²) < 4.78 is 5.48. The lowest BCUT2D eigenvalue weighted by molar-refractivity contribution is -0.118. The Morgan fingerprint density at radius 3 is 2.41 bits per heavy atom. The second kappa shape index (κ2) is 13.3. The van der Waals surface area contributed by atoms with Crippen molar-refractivity contribution in [3.8, 4) is 5.75 Å². The summed E-state index contributed by atoms with van der Waals surface area (Å²) in [6.07, 6.45) is 4.89. The zero-order valence-electron chi connectivity index (χ0n) is 22.9. The van der Waals surface area contributed by atoms with Crippen LogP contribution in [0.1, 0.15) is 58.4 Å². The van der Waals surface area contributed by atoms with Crippen molar-refractivity contribution in [2.45, 2.75) is 44.7 Å². The van der Waals surface area contributed by atoms with Gasteiger partial charge in [0.05, 0.1) is 18.0 Å². The van der Waals surface area contributed by atoms with Gasteiger partial charge in [-0.3, -0.25) is 24.7 Å². The van der Waals surface area contributed by atoms with Crippen molar-refractivity contribution in [3.05, 3.63) is 83.4 Å². The van der Waals surface area contributed by atoms with Gasteiger partial charge in [0.1, 0.15) is 5.75 Å². The topological polar surface area (TPSA) is 135 Å². The second-order valence-corrected chi connectivity index (χ2v) is 10.2. The van der Waals surface area contributed by atoms with Crippen molar-refractivity contribution in [1.29, 1.82) is 0 Å². The summed E-state index contributed by atoms with van der Waals surface area (Å²) >= 11 is 0. The quantitative estimate of drug-likeness (QED) is 0.179. The maximum atomic E-state index is 13.4. The number of hydrogen-bond acceptors (Lipinski definition) is 7. The SMILES string of the molecule is NCCCCCONc1ccc(NC(=O)c2ccc(CN(C(=O)c3ccc4c(c3)OCC(=O)N4)C3CC3)cc2)cc1. The fraction of sp³-hybridized carbons (Fsp3) is 0.323. The van der Waals surface area contributed by atoms with Crippen LogP contribution < -0.4 is 26.6 Å². The van der Waals surface area contributed by atoms with E-state index in [9.17, 15) is 14.4 Å².